The third kappa shape index (κ3) is 3.43. The van der Waals surface area contributed by atoms with Gasteiger partial charge in [-0.05, 0) is 12.0 Å². The number of carboxylic acids is 1. The largest absolute Gasteiger partial charge is 0.476 e. The van der Waals surface area contributed by atoms with Crippen LogP contribution in [0, 0.1) is 10.1 Å². The van der Waals surface area contributed by atoms with Crippen molar-refractivity contribution in [2.45, 2.75) is 25.7 Å². The fraction of sp³-hybridized carbons (Fsp3) is 0.286. The first-order valence-electron chi connectivity index (χ1n) is 6.22. The van der Waals surface area contributed by atoms with Crippen molar-refractivity contribution in [3.8, 4) is 0 Å². The summed E-state index contributed by atoms with van der Waals surface area (Å²) < 4.78 is 0. The number of hydrogen-bond donors (Lipinski definition) is 1. The van der Waals surface area contributed by atoms with Crippen molar-refractivity contribution in [1.29, 1.82) is 0 Å². The highest BCUT2D eigenvalue weighted by Crippen LogP contribution is 2.30. The number of benzene rings is 1. The van der Waals surface area contributed by atoms with E-state index in [-0.39, 0.29) is 16.8 Å². The lowest BCUT2D eigenvalue weighted by atomic mass is 9.86. The lowest BCUT2D eigenvalue weighted by Gasteiger charge is -2.21. The Kier molecular flexibility index (Phi) is 4.04. The van der Waals surface area contributed by atoms with Crippen LogP contribution in [0.1, 0.15) is 34.9 Å². The first-order chi connectivity index (χ1) is 9.79. The molecule has 110 valence electrons. The van der Waals surface area contributed by atoms with E-state index in [1.807, 2.05) is 13.8 Å². The lowest BCUT2D eigenvalue weighted by Crippen LogP contribution is -2.20. The molecule has 0 amide bonds. The van der Waals surface area contributed by atoms with Crippen molar-refractivity contribution in [3.05, 3.63) is 56.0 Å². The molecule has 0 saturated carbocycles. The third-order valence-corrected chi connectivity index (χ3v) is 4.30. The van der Waals surface area contributed by atoms with Crippen molar-refractivity contribution >= 4 is 23.0 Å². The fourth-order valence-corrected chi connectivity index (χ4v) is 2.92. The zero-order valence-electron chi connectivity index (χ0n) is 11.6. The molecule has 0 bridgehead atoms. The molecule has 7 heteroatoms. The van der Waals surface area contributed by atoms with Gasteiger partial charge in [0.05, 0.1) is 9.93 Å². The minimum Gasteiger partial charge on any atom is -0.476 e. The Morgan fingerprint density at radius 1 is 1.38 bits per heavy atom. The summed E-state index contributed by atoms with van der Waals surface area (Å²) in [6.07, 6.45) is 0.623. The summed E-state index contributed by atoms with van der Waals surface area (Å²) in [5.41, 5.74) is 0.706. The average Bonchev–Trinajstić information content (AvgIpc) is 2.89. The molecule has 1 aromatic carbocycles. The van der Waals surface area contributed by atoms with E-state index >= 15 is 0 Å². The van der Waals surface area contributed by atoms with Crippen molar-refractivity contribution in [2.24, 2.45) is 0 Å². The topological polar surface area (TPSA) is 93.3 Å². The number of hydrogen-bond acceptors (Lipinski definition) is 5. The number of nitro benzene ring substituents is 1. The molecule has 21 heavy (non-hydrogen) atoms. The summed E-state index contributed by atoms with van der Waals surface area (Å²) in [6, 6.07) is 6.36. The number of thiazole rings is 1. The molecule has 2 aromatic rings. The molecule has 0 spiro atoms. The van der Waals surface area contributed by atoms with Gasteiger partial charge in [0.25, 0.3) is 5.69 Å². The Morgan fingerprint density at radius 3 is 2.48 bits per heavy atom. The van der Waals surface area contributed by atoms with Crippen LogP contribution in [0.2, 0.25) is 0 Å². The van der Waals surface area contributed by atoms with E-state index in [4.69, 9.17) is 5.11 Å². The summed E-state index contributed by atoms with van der Waals surface area (Å²) in [5, 5.41) is 21.8. The highest BCUT2D eigenvalue weighted by Gasteiger charge is 2.26. The van der Waals surface area contributed by atoms with Gasteiger partial charge in [0.2, 0.25) is 0 Å². The zero-order valence-corrected chi connectivity index (χ0v) is 12.4. The Hall–Kier alpha value is -2.28. The molecule has 0 aliphatic rings. The van der Waals surface area contributed by atoms with E-state index in [1.54, 1.807) is 12.1 Å². The maximum absolute atomic E-state index is 10.9. The molecule has 0 fully saturated rings. The second-order valence-corrected chi connectivity index (χ2v) is 6.19. The van der Waals surface area contributed by atoms with E-state index < -0.39 is 10.9 Å². The minimum absolute atomic E-state index is 0.0479. The zero-order chi connectivity index (χ0) is 15.6. The van der Waals surface area contributed by atoms with Crippen LogP contribution in [0.4, 0.5) is 5.69 Å². The van der Waals surface area contributed by atoms with Crippen LogP contribution in [0.3, 0.4) is 0 Å². The lowest BCUT2D eigenvalue weighted by molar-refractivity contribution is -0.384. The van der Waals surface area contributed by atoms with Gasteiger partial charge in [-0.3, -0.25) is 10.1 Å². The second-order valence-electron chi connectivity index (χ2n) is 5.33. The molecule has 0 saturated heterocycles. The number of carbonyl (C=O) groups is 1. The van der Waals surface area contributed by atoms with Crippen LogP contribution in [-0.2, 0) is 11.8 Å². The Morgan fingerprint density at radius 2 is 2.00 bits per heavy atom. The fourth-order valence-electron chi connectivity index (χ4n) is 2.00. The molecular weight excluding hydrogens is 292 g/mol. The number of nitro groups is 1. The number of aromatic nitrogens is 1. The minimum atomic E-state index is -1.04. The Labute approximate surface area is 125 Å². The van der Waals surface area contributed by atoms with Gasteiger partial charge in [-0.1, -0.05) is 26.0 Å². The first kappa shape index (κ1) is 15.1. The van der Waals surface area contributed by atoms with E-state index in [0.717, 1.165) is 10.6 Å². The summed E-state index contributed by atoms with van der Waals surface area (Å²) >= 11 is 1.31. The van der Waals surface area contributed by atoms with Crippen molar-refractivity contribution in [1.82, 2.24) is 4.98 Å². The summed E-state index contributed by atoms with van der Waals surface area (Å²) in [4.78, 5) is 25.2. The maximum atomic E-state index is 10.9. The molecule has 0 unspecified atom stereocenters. The number of carboxylic acid groups (broad SMARTS) is 1. The van der Waals surface area contributed by atoms with E-state index in [2.05, 4.69) is 4.98 Å². The van der Waals surface area contributed by atoms with Gasteiger partial charge in [-0.25, -0.2) is 9.78 Å². The highest BCUT2D eigenvalue weighted by molar-refractivity contribution is 7.10. The van der Waals surface area contributed by atoms with E-state index in [1.165, 1.54) is 28.8 Å². The van der Waals surface area contributed by atoms with Gasteiger partial charge in [-0.15, -0.1) is 11.3 Å². The normalized spacial score (nSPS) is 11.3. The summed E-state index contributed by atoms with van der Waals surface area (Å²) in [6.45, 7) is 3.94. The van der Waals surface area contributed by atoms with Gasteiger partial charge in [0, 0.05) is 22.9 Å². The van der Waals surface area contributed by atoms with Gasteiger partial charge in [0.1, 0.15) is 0 Å². The quantitative estimate of drug-likeness (QED) is 0.676. The van der Waals surface area contributed by atoms with Gasteiger partial charge in [-0.2, -0.15) is 0 Å². The van der Waals surface area contributed by atoms with E-state index in [9.17, 15) is 14.9 Å². The van der Waals surface area contributed by atoms with Crippen LogP contribution >= 0.6 is 11.3 Å². The number of rotatable bonds is 5. The molecule has 0 radical (unpaired) electrons. The first-order valence-corrected chi connectivity index (χ1v) is 7.10. The maximum Gasteiger partial charge on any atom is 0.355 e. The third-order valence-electron chi connectivity index (χ3n) is 3.10. The standard InChI is InChI=1S/C14H14N2O4S/c1-14(2,13-15-11(8-21-13)12(17)18)7-9-3-5-10(6-4-9)16(19)20/h3-6,8H,7H2,1-2H3,(H,17,18). The monoisotopic (exact) mass is 306 g/mol. The number of non-ortho nitro benzene ring substituents is 1. The van der Waals surface area contributed by atoms with Crippen LogP contribution in [0.15, 0.2) is 29.6 Å². The molecule has 6 nitrogen and oxygen atoms in total. The van der Waals surface area contributed by atoms with Crippen molar-refractivity contribution < 1.29 is 14.8 Å². The highest BCUT2D eigenvalue weighted by atomic mass is 32.1. The van der Waals surface area contributed by atoms with Crippen LogP contribution in [0.5, 0.6) is 0 Å². The molecule has 2 rings (SSSR count). The molecule has 1 aromatic heterocycles. The van der Waals surface area contributed by atoms with Gasteiger partial charge < -0.3 is 5.11 Å². The summed E-state index contributed by atoms with van der Waals surface area (Å²) in [5.74, 6) is -1.04. The predicted octanol–water partition coefficient (Wildman–Crippen LogP) is 3.27. The number of nitrogens with zero attached hydrogens (tertiary/aromatic N) is 2. The molecular formula is C14H14N2O4S. The predicted molar refractivity (Wildman–Crippen MR) is 78.9 cm³/mol. The van der Waals surface area contributed by atoms with Crippen LogP contribution < -0.4 is 0 Å². The summed E-state index contributed by atoms with van der Waals surface area (Å²) in [7, 11) is 0. The molecule has 0 atom stereocenters. The van der Waals surface area contributed by atoms with Crippen LogP contribution in [0.25, 0.3) is 0 Å². The SMILES string of the molecule is CC(C)(Cc1ccc([N+](=O)[O-])cc1)c1nc(C(=O)O)cs1. The molecule has 0 aliphatic heterocycles. The van der Waals surface area contributed by atoms with Crippen molar-refractivity contribution in [3.63, 3.8) is 0 Å². The Bertz CT molecular complexity index is 677. The number of aromatic carboxylic acids is 1. The molecule has 0 aliphatic carbocycles. The van der Waals surface area contributed by atoms with Gasteiger partial charge in [0.15, 0.2) is 5.69 Å². The van der Waals surface area contributed by atoms with Gasteiger partial charge >= 0.3 is 5.97 Å². The average molecular weight is 306 g/mol. The Balaban J connectivity index is 2.19. The molecule has 1 N–H and O–H groups in total. The van der Waals surface area contributed by atoms with E-state index in [0.29, 0.717) is 6.42 Å². The smallest absolute Gasteiger partial charge is 0.355 e. The second kappa shape index (κ2) is 5.61. The van der Waals surface area contributed by atoms with Crippen LogP contribution in [-0.4, -0.2) is 21.0 Å². The molecule has 1 heterocycles. The van der Waals surface area contributed by atoms with Crippen molar-refractivity contribution in [2.75, 3.05) is 0 Å².